The Hall–Kier alpha value is -3.12. The molecule has 138 valence electrons. The van der Waals surface area contributed by atoms with Gasteiger partial charge < -0.3 is 15.3 Å². The lowest BCUT2D eigenvalue weighted by atomic mass is 10.2. The molecule has 0 aliphatic carbocycles. The first kappa shape index (κ1) is 18.7. The fourth-order valence-corrected chi connectivity index (χ4v) is 2.50. The van der Waals surface area contributed by atoms with Gasteiger partial charge in [-0.25, -0.2) is 4.39 Å². The quantitative estimate of drug-likeness (QED) is 0.374. The number of ether oxygens (including phenoxy) is 1. The van der Waals surface area contributed by atoms with Crippen LogP contribution in [0.5, 0.6) is 5.75 Å². The predicted molar refractivity (Wildman–Crippen MR) is 102 cm³/mol. The van der Waals surface area contributed by atoms with E-state index in [1.807, 2.05) is 18.2 Å². The molecule has 2 N–H and O–H groups in total. The number of hydrogen-bond donors (Lipinski definition) is 1. The van der Waals surface area contributed by atoms with Crippen LogP contribution in [0.1, 0.15) is 16.7 Å². The molecule has 27 heavy (non-hydrogen) atoms. The van der Waals surface area contributed by atoms with Gasteiger partial charge in [0.25, 0.3) is 0 Å². The maximum Gasteiger partial charge on any atom is 0.170 e. The summed E-state index contributed by atoms with van der Waals surface area (Å²) in [5.74, 6) is 0.322. The van der Waals surface area contributed by atoms with Gasteiger partial charge in [-0.1, -0.05) is 41.0 Å². The molecule has 5 nitrogen and oxygen atoms in total. The molecule has 1 heterocycles. The lowest BCUT2D eigenvalue weighted by molar-refractivity contribution is 0.128. The molecule has 0 atom stereocenters. The van der Waals surface area contributed by atoms with Gasteiger partial charge >= 0.3 is 0 Å². The Morgan fingerprint density at radius 3 is 2.74 bits per heavy atom. The molecule has 0 radical (unpaired) electrons. The Morgan fingerprint density at radius 2 is 1.96 bits per heavy atom. The van der Waals surface area contributed by atoms with Crippen LogP contribution in [0.25, 0.3) is 0 Å². The average Bonchev–Trinajstić information content (AvgIpc) is 2.69. The molecule has 0 fully saturated rings. The summed E-state index contributed by atoms with van der Waals surface area (Å²) in [5, 5.41) is 4.11. The third-order valence-corrected chi connectivity index (χ3v) is 4.05. The zero-order valence-corrected chi connectivity index (χ0v) is 15.1. The highest BCUT2D eigenvalue weighted by Crippen LogP contribution is 2.20. The number of amidine groups is 1. The van der Waals surface area contributed by atoms with Gasteiger partial charge in [0, 0.05) is 29.1 Å². The number of rotatable bonds is 7. The van der Waals surface area contributed by atoms with Crippen LogP contribution in [-0.2, 0) is 18.1 Å². The van der Waals surface area contributed by atoms with E-state index < -0.39 is 5.82 Å². The van der Waals surface area contributed by atoms with E-state index in [1.54, 1.807) is 36.7 Å². The van der Waals surface area contributed by atoms with Crippen molar-refractivity contribution >= 4 is 17.4 Å². The molecular formula is C20H17ClFN3O2. The summed E-state index contributed by atoms with van der Waals surface area (Å²) in [5.41, 5.74) is 7.75. The minimum atomic E-state index is -0.456. The first-order chi connectivity index (χ1) is 13.1. The van der Waals surface area contributed by atoms with E-state index in [0.29, 0.717) is 17.9 Å². The number of pyridine rings is 1. The Kier molecular flexibility index (Phi) is 6.22. The molecule has 3 rings (SSSR count). The van der Waals surface area contributed by atoms with E-state index in [-0.39, 0.29) is 23.0 Å². The van der Waals surface area contributed by atoms with Crippen LogP contribution in [0.2, 0.25) is 5.02 Å². The monoisotopic (exact) mass is 385 g/mol. The van der Waals surface area contributed by atoms with Crippen molar-refractivity contribution in [1.82, 2.24) is 4.98 Å². The van der Waals surface area contributed by atoms with E-state index in [4.69, 9.17) is 26.9 Å². The van der Waals surface area contributed by atoms with Crippen molar-refractivity contribution in [3.05, 3.63) is 94.5 Å². The second-order valence-electron chi connectivity index (χ2n) is 5.63. The maximum absolute atomic E-state index is 13.7. The summed E-state index contributed by atoms with van der Waals surface area (Å²) in [4.78, 5) is 9.20. The molecule has 0 aliphatic heterocycles. The van der Waals surface area contributed by atoms with Crippen LogP contribution in [0.3, 0.4) is 0 Å². The Balaban J connectivity index is 1.62. The summed E-state index contributed by atoms with van der Waals surface area (Å²) in [6, 6.07) is 15.3. The molecule has 3 aromatic rings. The van der Waals surface area contributed by atoms with Gasteiger partial charge in [-0.15, -0.1) is 0 Å². The Morgan fingerprint density at radius 1 is 1.11 bits per heavy atom. The van der Waals surface area contributed by atoms with Gasteiger partial charge in [0.2, 0.25) is 0 Å². The molecule has 7 heteroatoms. The summed E-state index contributed by atoms with van der Waals surface area (Å²) < 4.78 is 19.4. The van der Waals surface area contributed by atoms with Crippen LogP contribution in [0, 0.1) is 5.82 Å². The molecule has 2 aromatic carbocycles. The lowest BCUT2D eigenvalue weighted by Crippen LogP contribution is -2.14. The summed E-state index contributed by atoms with van der Waals surface area (Å²) >= 11 is 5.95. The van der Waals surface area contributed by atoms with Gasteiger partial charge in [0.15, 0.2) is 5.84 Å². The standard InChI is InChI=1S/C20H17ClFN3O2/c21-18-7-2-8-19(22)17(18)13-27-25-20(23)15-5-1-6-16(10-15)26-12-14-4-3-9-24-11-14/h1-11H,12-13H2,(H2,23,25). The number of hydrogen-bond acceptors (Lipinski definition) is 4. The summed E-state index contributed by atoms with van der Waals surface area (Å²) in [6.07, 6.45) is 3.44. The molecular weight excluding hydrogens is 369 g/mol. The second kappa shape index (κ2) is 9.00. The molecule has 0 unspecified atom stereocenters. The zero-order chi connectivity index (χ0) is 19.1. The number of nitrogens with two attached hydrogens (primary N) is 1. The van der Waals surface area contributed by atoms with Gasteiger partial charge in [-0.2, -0.15) is 0 Å². The van der Waals surface area contributed by atoms with Gasteiger partial charge in [-0.05, 0) is 30.3 Å². The first-order valence-corrected chi connectivity index (χ1v) is 8.52. The van der Waals surface area contributed by atoms with Crippen LogP contribution >= 0.6 is 11.6 Å². The lowest BCUT2D eigenvalue weighted by Gasteiger charge is -2.08. The number of oxime groups is 1. The SMILES string of the molecule is N/C(=N\OCc1c(F)cccc1Cl)c1cccc(OCc2cccnc2)c1. The topological polar surface area (TPSA) is 69.7 Å². The molecule has 0 spiro atoms. The number of nitrogens with zero attached hydrogens (tertiary/aromatic N) is 2. The van der Waals surface area contributed by atoms with E-state index in [0.717, 1.165) is 5.56 Å². The average molecular weight is 386 g/mol. The van der Waals surface area contributed by atoms with Crippen molar-refractivity contribution in [3.8, 4) is 5.75 Å². The summed E-state index contributed by atoms with van der Waals surface area (Å²) in [6.45, 7) is 0.264. The second-order valence-corrected chi connectivity index (χ2v) is 6.04. The maximum atomic E-state index is 13.7. The minimum absolute atomic E-state index is 0.122. The normalized spacial score (nSPS) is 11.3. The van der Waals surface area contributed by atoms with Gasteiger partial charge in [-0.3, -0.25) is 4.98 Å². The van der Waals surface area contributed by atoms with Crippen molar-refractivity contribution in [1.29, 1.82) is 0 Å². The van der Waals surface area contributed by atoms with E-state index in [9.17, 15) is 4.39 Å². The number of halogens is 2. The molecule has 0 amide bonds. The smallest absolute Gasteiger partial charge is 0.170 e. The van der Waals surface area contributed by atoms with Crippen molar-refractivity contribution in [3.63, 3.8) is 0 Å². The fourth-order valence-electron chi connectivity index (χ4n) is 2.28. The molecule has 0 bridgehead atoms. The largest absolute Gasteiger partial charge is 0.489 e. The van der Waals surface area contributed by atoms with Crippen molar-refractivity contribution in [2.75, 3.05) is 0 Å². The van der Waals surface area contributed by atoms with Crippen molar-refractivity contribution in [2.45, 2.75) is 13.2 Å². The van der Waals surface area contributed by atoms with Gasteiger partial charge in [0.05, 0.1) is 5.02 Å². The number of aromatic nitrogens is 1. The zero-order valence-electron chi connectivity index (χ0n) is 14.3. The summed E-state index contributed by atoms with van der Waals surface area (Å²) in [7, 11) is 0. The third kappa shape index (κ3) is 5.18. The van der Waals surface area contributed by atoms with E-state index in [1.165, 1.54) is 12.1 Å². The predicted octanol–water partition coefficient (Wildman–Crippen LogP) is 4.29. The van der Waals surface area contributed by atoms with E-state index in [2.05, 4.69) is 10.1 Å². The Bertz CT molecular complexity index is 915. The molecule has 0 saturated carbocycles. The first-order valence-electron chi connectivity index (χ1n) is 8.14. The highest BCUT2D eigenvalue weighted by Gasteiger charge is 2.08. The highest BCUT2D eigenvalue weighted by molar-refractivity contribution is 6.31. The van der Waals surface area contributed by atoms with Crippen LogP contribution < -0.4 is 10.5 Å². The van der Waals surface area contributed by atoms with Crippen molar-refractivity contribution < 1.29 is 14.0 Å². The van der Waals surface area contributed by atoms with Gasteiger partial charge in [0.1, 0.15) is 24.8 Å². The Labute approximate surface area is 161 Å². The van der Waals surface area contributed by atoms with Crippen LogP contribution in [0.4, 0.5) is 4.39 Å². The highest BCUT2D eigenvalue weighted by atomic mass is 35.5. The number of benzene rings is 2. The van der Waals surface area contributed by atoms with Crippen LogP contribution in [-0.4, -0.2) is 10.8 Å². The third-order valence-electron chi connectivity index (χ3n) is 3.69. The molecule has 0 aliphatic rings. The molecule has 1 aromatic heterocycles. The van der Waals surface area contributed by atoms with Crippen molar-refractivity contribution in [2.24, 2.45) is 10.9 Å². The molecule has 0 saturated heterocycles. The minimum Gasteiger partial charge on any atom is -0.489 e. The van der Waals surface area contributed by atoms with Crippen LogP contribution in [0.15, 0.2) is 72.1 Å². The fraction of sp³-hybridized carbons (Fsp3) is 0.100. The van der Waals surface area contributed by atoms with E-state index >= 15 is 0 Å².